The second-order valence-electron chi connectivity index (χ2n) is 6.55. The van der Waals surface area contributed by atoms with E-state index in [4.69, 9.17) is 5.73 Å². The lowest BCUT2D eigenvalue weighted by atomic mass is 10.1. The maximum Gasteiger partial charge on any atom is 0.255 e. The van der Waals surface area contributed by atoms with Crippen molar-refractivity contribution in [2.24, 2.45) is 5.73 Å². The molecule has 0 aliphatic carbocycles. The molecule has 2 aromatic rings. The second-order valence-corrected chi connectivity index (χ2v) is 10.8. The van der Waals surface area contributed by atoms with Gasteiger partial charge in [0.05, 0.1) is 4.90 Å². The summed E-state index contributed by atoms with van der Waals surface area (Å²) in [5.74, 6) is 0.0163. The van der Waals surface area contributed by atoms with Crippen molar-refractivity contribution in [1.29, 1.82) is 0 Å². The molecule has 0 saturated carbocycles. The highest BCUT2D eigenvalue weighted by Gasteiger charge is 2.36. The van der Waals surface area contributed by atoms with E-state index in [1.54, 1.807) is 12.1 Å². The van der Waals surface area contributed by atoms with E-state index in [2.05, 4.69) is 27.9 Å². The van der Waals surface area contributed by atoms with Crippen LogP contribution in [0.4, 0.5) is 5.69 Å². The SMILES string of the molecule is Cc1ccc(C(=O)Nc2ccc(S(=O)(=O)N3CCSC[C@@H]3C(N)=O)cc2)cc1I. The molecule has 1 atom stereocenters. The largest absolute Gasteiger partial charge is 0.368 e. The zero-order valence-corrected chi connectivity index (χ0v) is 19.4. The summed E-state index contributed by atoms with van der Waals surface area (Å²) in [5.41, 5.74) is 7.46. The molecular formula is C19H20IN3O4S2. The zero-order valence-electron chi connectivity index (χ0n) is 15.6. The molecule has 1 heterocycles. The predicted octanol–water partition coefficient (Wildman–Crippen LogP) is 2.44. The molecule has 2 aromatic carbocycles. The van der Waals surface area contributed by atoms with E-state index < -0.39 is 22.0 Å². The third kappa shape index (κ3) is 4.93. The highest BCUT2D eigenvalue weighted by Crippen LogP contribution is 2.25. The maximum absolute atomic E-state index is 12.9. The summed E-state index contributed by atoms with van der Waals surface area (Å²) in [6.07, 6.45) is 0. The van der Waals surface area contributed by atoms with E-state index in [1.807, 2.05) is 13.0 Å². The lowest BCUT2D eigenvalue weighted by Gasteiger charge is -2.32. The number of halogens is 1. The number of nitrogens with one attached hydrogen (secondary N) is 1. The fourth-order valence-corrected chi connectivity index (χ4v) is 6.26. The van der Waals surface area contributed by atoms with Crippen LogP contribution in [0.3, 0.4) is 0 Å². The minimum Gasteiger partial charge on any atom is -0.368 e. The number of hydrogen-bond acceptors (Lipinski definition) is 5. The zero-order chi connectivity index (χ0) is 21.2. The third-order valence-corrected chi connectivity index (χ3v) is 8.67. The molecular weight excluding hydrogens is 525 g/mol. The van der Waals surface area contributed by atoms with Gasteiger partial charge in [0, 0.05) is 32.9 Å². The van der Waals surface area contributed by atoms with Crippen LogP contribution < -0.4 is 11.1 Å². The van der Waals surface area contributed by atoms with Gasteiger partial charge in [0.1, 0.15) is 6.04 Å². The van der Waals surface area contributed by atoms with E-state index in [-0.39, 0.29) is 17.3 Å². The van der Waals surface area contributed by atoms with Crippen LogP contribution in [0.25, 0.3) is 0 Å². The molecule has 10 heteroatoms. The fraction of sp³-hybridized carbons (Fsp3) is 0.263. The summed E-state index contributed by atoms with van der Waals surface area (Å²) in [6.45, 7) is 2.19. The van der Waals surface area contributed by atoms with Gasteiger partial charge in [0.25, 0.3) is 5.91 Å². The highest BCUT2D eigenvalue weighted by atomic mass is 127. The summed E-state index contributed by atoms with van der Waals surface area (Å²) in [6, 6.07) is 10.4. The molecule has 1 saturated heterocycles. The number of primary amides is 1. The van der Waals surface area contributed by atoms with Gasteiger partial charge in [0.2, 0.25) is 15.9 Å². The summed E-state index contributed by atoms with van der Waals surface area (Å²) in [7, 11) is -3.86. The number of thioether (sulfide) groups is 1. The van der Waals surface area contributed by atoms with Crippen LogP contribution in [0.15, 0.2) is 47.4 Å². The molecule has 154 valence electrons. The van der Waals surface area contributed by atoms with E-state index >= 15 is 0 Å². The Labute approximate surface area is 187 Å². The maximum atomic E-state index is 12.9. The highest BCUT2D eigenvalue weighted by molar-refractivity contribution is 14.1. The van der Waals surface area contributed by atoms with Gasteiger partial charge >= 0.3 is 0 Å². The van der Waals surface area contributed by atoms with Gasteiger partial charge in [0.15, 0.2) is 0 Å². The number of rotatable bonds is 5. The van der Waals surface area contributed by atoms with Crippen molar-refractivity contribution < 1.29 is 18.0 Å². The Balaban J connectivity index is 1.77. The minimum atomic E-state index is -3.86. The van der Waals surface area contributed by atoms with Gasteiger partial charge in [-0.2, -0.15) is 16.1 Å². The average molecular weight is 545 g/mol. The van der Waals surface area contributed by atoms with Crippen LogP contribution >= 0.6 is 34.4 Å². The molecule has 0 bridgehead atoms. The number of amides is 2. The van der Waals surface area contributed by atoms with Crippen LogP contribution in [0.5, 0.6) is 0 Å². The first kappa shape index (κ1) is 22.1. The number of carbonyl (C=O) groups is 2. The first-order valence-corrected chi connectivity index (χ1v) is 12.4. The van der Waals surface area contributed by atoms with Crippen molar-refractivity contribution in [2.75, 3.05) is 23.4 Å². The quantitative estimate of drug-likeness (QED) is 0.562. The van der Waals surface area contributed by atoms with E-state index in [0.29, 0.717) is 22.8 Å². The second kappa shape index (κ2) is 9.02. The van der Waals surface area contributed by atoms with Crippen molar-refractivity contribution in [1.82, 2.24) is 4.31 Å². The number of anilines is 1. The van der Waals surface area contributed by atoms with Crippen molar-refractivity contribution in [3.8, 4) is 0 Å². The molecule has 0 aromatic heterocycles. The Bertz CT molecular complexity index is 1040. The molecule has 0 radical (unpaired) electrons. The Kier molecular flexibility index (Phi) is 6.87. The number of hydrogen-bond donors (Lipinski definition) is 2. The monoisotopic (exact) mass is 545 g/mol. The minimum absolute atomic E-state index is 0.0542. The van der Waals surface area contributed by atoms with E-state index in [9.17, 15) is 18.0 Å². The van der Waals surface area contributed by atoms with Crippen LogP contribution in [-0.2, 0) is 14.8 Å². The van der Waals surface area contributed by atoms with Gasteiger partial charge in [-0.3, -0.25) is 9.59 Å². The normalized spacial score (nSPS) is 17.7. The molecule has 29 heavy (non-hydrogen) atoms. The van der Waals surface area contributed by atoms with Crippen LogP contribution in [0, 0.1) is 10.5 Å². The van der Waals surface area contributed by atoms with Gasteiger partial charge < -0.3 is 11.1 Å². The molecule has 3 rings (SSSR count). The van der Waals surface area contributed by atoms with Crippen LogP contribution in [-0.4, -0.2) is 48.6 Å². The van der Waals surface area contributed by atoms with Crippen molar-refractivity contribution in [3.05, 3.63) is 57.2 Å². The van der Waals surface area contributed by atoms with Gasteiger partial charge in [-0.25, -0.2) is 8.42 Å². The molecule has 1 aliphatic rings. The topological polar surface area (TPSA) is 110 Å². The molecule has 1 aliphatic heterocycles. The van der Waals surface area contributed by atoms with Gasteiger partial charge in [-0.1, -0.05) is 6.07 Å². The third-order valence-electron chi connectivity index (χ3n) is 4.56. The molecule has 0 spiro atoms. The standard InChI is InChI=1S/C19H20IN3O4S2/c1-12-2-3-13(10-16(12)20)19(25)22-14-4-6-15(7-5-14)29(26,27)23-8-9-28-11-17(23)18(21)24/h2-7,10,17H,8-9,11H2,1H3,(H2,21,24)(H,22,25)/t17-/m1/s1. The average Bonchev–Trinajstić information content (AvgIpc) is 2.70. The predicted molar refractivity (Wildman–Crippen MR) is 122 cm³/mol. The van der Waals surface area contributed by atoms with Crippen molar-refractivity contribution >= 4 is 61.9 Å². The summed E-state index contributed by atoms with van der Waals surface area (Å²) in [5, 5.41) is 2.76. The van der Waals surface area contributed by atoms with Gasteiger partial charge in [-0.15, -0.1) is 0 Å². The molecule has 0 unspecified atom stereocenters. The summed E-state index contributed by atoms with van der Waals surface area (Å²) >= 11 is 3.67. The van der Waals surface area contributed by atoms with Crippen molar-refractivity contribution in [3.63, 3.8) is 0 Å². The van der Waals surface area contributed by atoms with Gasteiger partial charge in [-0.05, 0) is 71.5 Å². The number of carbonyl (C=O) groups excluding carboxylic acids is 2. The van der Waals surface area contributed by atoms with E-state index in [1.165, 1.54) is 36.0 Å². The molecule has 7 nitrogen and oxygen atoms in total. The van der Waals surface area contributed by atoms with E-state index in [0.717, 1.165) is 13.4 Å². The van der Waals surface area contributed by atoms with Crippen molar-refractivity contribution in [2.45, 2.75) is 17.9 Å². The Hall–Kier alpha value is -1.63. The number of sulfonamides is 1. The molecule has 1 fully saturated rings. The number of nitrogens with two attached hydrogens (primary N) is 1. The molecule has 2 amide bonds. The Morgan fingerprint density at radius 1 is 1.21 bits per heavy atom. The summed E-state index contributed by atoms with van der Waals surface area (Å²) in [4.78, 5) is 24.1. The first-order chi connectivity index (χ1) is 13.7. The fourth-order valence-electron chi connectivity index (χ4n) is 2.88. The summed E-state index contributed by atoms with van der Waals surface area (Å²) < 4.78 is 28.0. The van der Waals surface area contributed by atoms with Crippen LogP contribution in [0.2, 0.25) is 0 Å². The lowest BCUT2D eigenvalue weighted by molar-refractivity contribution is -0.121. The Morgan fingerprint density at radius 3 is 2.52 bits per heavy atom. The smallest absolute Gasteiger partial charge is 0.255 e. The number of nitrogens with zero attached hydrogens (tertiary/aromatic N) is 1. The lowest BCUT2D eigenvalue weighted by Crippen LogP contribution is -2.52. The van der Waals surface area contributed by atoms with Crippen LogP contribution in [0.1, 0.15) is 15.9 Å². The first-order valence-electron chi connectivity index (χ1n) is 8.76. The Morgan fingerprint density at radius 2 is 1.90 bits per heavy atom. The molecule has 3 N–H and O–H groups in total. The number of benzene rings is 2. The number of aryl methyl sites for hydroxylation is 1.